The third kappa shape index (κ3) is 3.75. The van der Waals surface area contributed by atoms with Crippen LogP contribution in [0.25, 0.3) is 0 Å². The molecule has 0 fully saturated rings. The lowest BCUT2D eigenvalue weighted by molar-refractivity contribution is 0.162. The fourth-order valence-corrected chi connectivity index (χ4v) is 1.33. The van der Waals surface area contributed by atoms with E-state index in [-0.39, 0.29) is 11.5 Å². The summed E-state index contributed by atoms with van der Waals surface area (Å²) in [5.74, 6) is 0.234. The number of nitrogens with two attached hydrogens (primary N) is 1. The lowest BCUT2D eigenvalue weighted by Gasteiger charge is -2.23. The minimum absolute atomic E-state index is 0.0243. The highest BCUT2D eigenvalue weighted by Gasteiger charge is 2.16. The van der Waals surface area contributed by atoms with Gasteiger partial charge in [0.15, 0.2) is 0 Å². The Morgan fingerprint density at radius 2 is 2.12 bits per heavy atom. The van der Waals surface area contributed by atoms with Gasteiger partial charge in [0.05, 0.1) is 6.10 Å². The SMILES string of the molecule is Cc1nc(N)ncc1[C@@H](O)CNC(C)(C)C. The molecular weight excluding hydrogens is 204 g/mol. The molecule has 0 spiro atoms. The van der Waals surface area contributed by atoms with Crippen LogP contribution in [0.5, 0.6) is 0 Å². The minimum atomic E-state index is -0.611. The van der Waals surface area contributed by atoms with E-state index in [1.165, 1.54) is 0 Å². The van der Waals surface area contributed by atoms with Gasteiger partial charge in [-0.15, -0.1) is 0 Å². The normalized spacial score (nSPS) is 13.8. The third-order valence-corrected chi connectivity index (χ3v) is 2.22. The van der Waals surface area contributed by atoms with Gasteiger partial charge in [-0.25, -0.2) is 9.97 Å². The lowest BCUT2D eigenvalue weighted by Crippen LogP contribution is -2.38. The van der Waals surface area contributed by atoms with Crippen molar-refractivity contribution in [2.24, 2.45) is 0 Å². The van der Waals surface area contributed by atoms with E-state index in [9.17, 15) is 5.11 Å². The molecule has 90 valence electrons. The van der Waals surface area contributed by atoms with Gasteiger partial charge in [-0.3, -0.25) is 0 Å². The average Bonchev–Trinajstić information content (AvgIpc) is 2.13. The molecule has 1 aromatic rings. The highest BCUT2D eigenvalue weighted by molar-refractivity contribution is 5.26. The molecule has 0 saturated carbocycles. The Labute approximate surface area is 96.1 Å². The quantitative estimate of drug-likeness (QED) is 0.707. The molecule has 0 bridgehead atoms. The van der Waals surface area contributed by atoms with Crippen LogP contribution < -0.4 is 11.1 Å². The van der Waals surface area contributed by atoms with Crippen LogP contribution >= 0.6 is 0 Å². The monoisotopic (exact) mass is 224 g/mol. The summed E-state index contributed by atoms with van der Waals surface area (Å²) in [5, 5.41) is 13.2. The molecule has 5 nitrogen and oxygen atoms in total. The molecular formula is C11H20N4O. The number of anilines is 1. The molecule has 0 unspecified atom stereocenters. The van der Waals surface area contributed by atoms with Crippen LogP contribution in [0.15, 0.2) is 6.20 Å². The van der Waals surface area contributed by atoms with E-state index < -0.39 is 6.10 Å². The van der Waals surface area contributed by atoms with E-state index in [1.807, 2.05) is 27.7 Å². The molecule has 1 rings (SSSR count). The lowest BCUT2D eigenvalue weighted by atomic mass is 10.1. The van der Waals surface area contributed by atoms with Gasteiger partial charge in [0.25, 0.3) is 0 Å². The van der Waals surface area contributed by atoms with E-state index in [0.29, 0.717) is 12.1 Å². The van der Waals surface area contributed by atoms with Gasteiger partial charge in [0, 0.05) is 29.5 Å². The van der Waals surface area contributed by atoms with Gasteiger partial charge in [-0.1, -0.05) is 0 Å². The summed E-state index contributed by atoms with van der Waals surface area (Å²) in [6, 6.07) is 0. The molecule has 0 aliphatic carbocycles. The molecule has 0 amide bonds. The maximum atomic E-state index is 9.97. The van der Waals surface area contributed by atoms with Crippen LogP contribution in [-0.2, 0) is 0 Å². The molecule has 0 aliphatic heterocycles. The Kier molecular flexibility index (Phi) is 3.83. The Bertz CT molecular complexity index is 359. The maximum Gasteiger partial charge on any atom is 0.220 e. The van der Waals surface area contributed by atoms with Crippen molar-refractivity contribution in [1.82, 2.24) is 15.3 Å². The maximum absolute atomic E-state index is 9.97. The van der Waals surface area contributed by atoms with Crippen LogP contribution in [0.3, 0.4) is 0 Å². The Morgan fingerprint density at radius 1 is 1.50 bits per heavy atom. The highest BCUT2D eigenvalue weighted by atomic mass is 16.3. The molecule has 1 atom stereocenters. The van der Waals surface area contributed by atoms with Crippen LogP contribution in [0.4, 0.5) is 5.95 Å². The topological polar surface area (TPSA) is 84.1 Å². The van der Waals surface area contributed by atoms with E-state index in [1.54, 1.807) is 6.20 Å². The number of hydrogen-bond donors (Lipinski definition) is 3. The fourth-order valence-electron chi connectivity index (χ4n) is 1.33. The van der Waals surface area contributed by atoms with Gasteiger partial charge in [-0.2, -0.15) is 0 Å². The molecule has 0 saturated heterocycles. The van der Waals surface area contributed by atoms with Gasteiger partial charge in [-0.05, 0) is 27.7 Å². The van der Waals surface area contributed by atoms with Crippen molar-refractivity contribution in [3.8, 4) is 0 Å². The first kappa shape index (κ1) is 12.9. The van der Waals surface area contributed by atoms with E-state index in [4.69, 9.17) is 5.73 Å². The number of nitrogen functional groups attached to an aromatic ring is 1. The molecule has 5 heteroatoms. The summed E-state index contributed by atoms with van der Waals surface area (Å²) in [7, 11) is 0. The largest absolute Gasteiger partial charge is 0.387 e. The second-order valence-electron chi connectivity index (χ2n) is 4.92. The second kappa shape index (κ2) is 4.76. The summed E-state index contributed by atoms with van der Waals surface area (Å²) in [6.45, 7) is 8.43. The van der Waals surface area contributed by atoms with E-state index in [0.717, 1.165) is 5.69 Å². The molecule has 1 aromatic heterocycles. The first-order valence-corrected chi connectivity index (χ1v) is 5.32. The van der Waals surface area contributed by atoms with Crippen molar-refractivity contribution < 1.29 is 5.11 Å². The zero-order valence-corrected chi connectivity index (χ0v) is 10.3. The number of hydrogen-bond acceptors (Lipinski definition) is 5. The zero-order chi connectivity index (χ0) is 12.3. The Balaban J connectivity index is 2.70. The number of aryl methyl sites for hydroxylation is 1. The van der Waals surface area contributed by atoms with Crippen LogP contribution in [0, 0.1) is 6.92 Å². The predicted molar refractivity (Wildman–Crippen MR) is 63.9 cm³/mol. The summed E-state index contributed by atoms with van der Waals surface area (Å²) in [4.78, 5) is 7.90. The van der Waals surface area contributed by atoms with Crippen molar-refractivity contribution in [3.63, 3.8) is 0 Å². The van der Waals surface area contributed by atoms with Gasteiger partial charge in [0.2, 0.25) is 5.95 Å². The molecule has 0 aromatic carbocycles. The number of β-amino-alcohol motifs (C(OH)–C–C–N with tert-alkyl or cyclic N) is 1. The van der Waals surface area contributed by atoms with Crippen molar-refractivity contribution in [3.05, 3.63) is 17.5 Å². The van der Waals surface area contributed by atoms with Gasteiger partial charge < -0.3 is 16.2 Å². The highest BCUT2D eigenvalue weighted by Crippen LogP contribution is 2.15. The molecule has 0 radical (unpaired) electrons. The molecule has 16 heavy (non-hydrogen) atoms. The number of aliphatic hydroxyl groups excluding tert-OH is 1. The standard InChI is InChI=1S/C11H20N4O/c1-7-8(5-13-10(12)15-7)9(16)6-14-11(2,3)4/h5,9,14,16H,6H2,1-4H3,(H2,12,13,15)/t9-/m0/s1. The second-order valence-corrected chi connectivity index (χ2v) is 4.92. The smallest absolute Gasteiger partial charge is 0.220 e. The number of aromatic nitrogens is 2. The summed E-state index contributed by atoms with van der Waals surface area (Å²) >= 11 is 0. The summed E-state index contributed by atoms with van der Waals surface area (Å²) in [5.41, 5.74) is 6.86. The zero-order valence-electron chi connectivity index (χ0n) is 10.3. The minimum Gasteiger partial charge on any atom is -0.387 e. The van der Waals surface area contributed by atoms with Gasteiger partial charge >= 0.3 is 0 Å². The number of rotatable bonds is 3. The predicted octanol–water partition coefficient (Wildman–Crippen LogP) is 0.789. The fraction of sp³-hybridized carbons (Fsp3) is 0.636. The van der Waals surface area contributed by atoms with Gasteiger partial charge in [0.1, 0.15) is 0 Å². The number of nitrogens with zero attached hydrogens (tertiary/aromatic N) is 2. The first-order chi connectivity index (χ1) is 7.29. The van der Waals surface area contributed by atoms with Crippen molar-refractivity contribution >= 4 is 5.95 Å². The molecule has 4 N–H and O–H groups in total. The Hall–Kier alpha value is -1.20. The number of aliphatic hydroxyl groups is 1. The average molecular weight is 224 g/mol. The van der Waals surface area contributed by atoms with Crippen molar-refractivity contribution in [1.29, 1.82) is 0 Å². The van der Waals surface area contributed by atoms with Crippen molar-refractivity contribution in [2.45, 2.75) is 39.3 Å². The third-order valence-electron chi connectivity index (χ3n) is 2.22. The summed E-state index contributed by atoms with van der Waals surface area (Å²) in [6.07, 6.45) is 0.965. The summed E-state index contributed by atoms with van der Waals surface area (Å²) < 4.78 is 0. The first-order valence-electron chi connectivity index (χ1n) is 5.32. The molecule has 1 heterocycles. The number of nitrogens with one attached hydrogen (secondary N) is 1. The van der Waals surface area contributed by atoms with Crippen molar-refractivity contribution in [2.75, 3.05) is 12.3 Å². The molecule has 0 aliphatic rings. The van der Waals surface area contributed by atoms with Crippen LogP contribution in [-0.4, -0.2) is 27.2 Å². The van der Waals surface area contributed by atoms with Crippen LogP contribution in [0.2, 0.25) is 0 Å². The Morgan fingerprint density at radius 3 is 2.62 bits per heavy atom. The van der Waals surface area contributed by atoms with Crippen LogP contribution in [0.1, 0.15) is 38.1 Å². The van der Waals surface area contributed by atoms with E-state index >= 15 is 0 Å². The van der Waals surface area contributed by atoms with E-state index in [2.05, 4.69) is 15.3 Å².